The van der Waals surface area contributed by atoms with Gasteiger partial charge in [0.05, 0.1) is 12.1 Å². The zero-order chi connectivity index (χ0) is 12.3. The number of nitrogens with zero attached hydrogens (tertiary/aromatic N) is 2. The van der Waals surface area contributed by atoms with E-state index in [9.17, 15) is 9.90 Å². The molecule has 0 aliphatic carbocycles. The first-order valence-corrected chi connectivity index (χ1v) is 5.15. The zero-order valence-electron chi connectivity index (χ0n) is 8.64. The number of hydrogen-bond acceptors (Lipinski definition) is 4. The fourth-order valence-corrected chi connectivity index (χ4v) is 1.44. The second-order valence-corrected chi connectivity index (χ2v) is 3.71. The summed E-state index contributed by atoms with van der Waals surface area (Å²) in [6, 6.07) is 4.29. The van der Waals surface area contributed by atoms with Gasteiger partial charge in [-0.2, -0.15) is 5.10 Å². The van der Waals surface area contributed by atoms with E-state index in [1.165, 1.54) is 24.5 Å². The summed E-state index contributed by atoms with van der Waals surface area (Å²) >= 11 is 5.66. The zero-order valence-corrected chi connectivity index (χ0v) is 9.40. The fraction of sp³-hybridized carbons (Fsp3) is 0.100. The maximum absolute atomic E-state index is 11.7. The van der Waals surface area contributed by atoms with Crippen LogP contribution in [-0.2, 0) is 6.54 Å². The smallest absolute Gasteiger partial charge is 0.255 e. The summed E-state index contributed by atoms with van der Waals surface area (Å²) in [6.07, 6.45) is 1.35. The first-order valence-electron chi connectivity index (χ1n) is 4.78. The van der Waals surface area contributed by atoms with Crippen molar-refractivity contribution in [3.8, 4) is 5.75 Å². The average Bonchev–Trinajstić information content (AvgIpc) is 2.78. The minimum Gasteiger partial charge on any atom is -0.507 e. The maximum atomic E-state index is 11.7. The molecular formula is C10H9ClN4O2. The summed E-state index contributed by atoms with van der Waals surface area (Å²) in [5.74, 6) is -0.0325. The lowest BCUT2D eigenvalue weighted by Crippen LogP contribution is -2.23. The second kappa shape index (κ2) is 4.84. The number of carbonyl (C=O) groups excluding carboxylic acids is 1. The summed E-state index contributed by atoms with van der Waals surface area (Å²) in [7, 11) is 0. The van der Waals surface area contributed by atoms with Crippen molar-refractivity contribution in [3.05, 3.63) is 40.9 Å². The van der Waals surface area contributed by atoms with Crippen LogP contribution in [0.4, 0.5) is 0 Å². The Morgan fingerprint density at radius 3 is 3.00 bits per heavy atom. The van der Waals surface area contributed by atoms with Crippen molar-refractivity contribution >= 4 is 17.5 Å². The molecule has 0 atom stereocenters. The third-order valence-electron chi connectivity index (χ3n) is 2.09. The number of benzene rings is 1. The predicted molar refractivity (Wildman–Crippen MR) is 60.7 cm³/mol. The molecule has 2 rings (SSSR count). The van der Waals surface area contributed by atoms with Crippen LogP contribution in [0.15, 0.2) is 24.5 Å². The number of rotatable bonds is 3. The van der Waals surface area contributed by atoms with E-state index < -0.39 is 5.91 Å². The molecule has 1 heterocycles. The molecule has 0 fully saturated rings. The van der Waals surface area contributed by atoms with Gasteiger partial charge in [0.15, 0.2) is 0 Å². The lowest BCUT2D eigenvalue weighted by Gasteiger charge is -2.05. The Morgan fingerprint density at radius 1 is 1.53 bits per heavy atom. The normalized spacial score (nSPS) is 10.2. The van der Waals surface area contributed by atoms with E-state index in [-0.39, 0.29) is 17.9 Å². The molecule has 7 heteroatoms. The van der Waals surface area contributed by atoms with Crippen molar-refractivity contribution in [2.75, 3.05) is 0 Å². The fourth-order valence-electron chi connectivity index (χ4n) is 1.27. The lowest BCUT2D eigenvalue weighted by molar-refractivity contribution is 0.0947. The largest absolute Gasteiger partial charge is 0.507 e. The summed E-state index contributed by atoms with van der Waals surface area (Å²) in [6.45, 7) is 0.209. The molecule has 0 unspecified atom stereocenters. The van der Waals surface area contributed by atoms with Gasteiger partial charge in [-0.25, -0.2) is 4.98 Å². The van der Waals surface area contributed by atoms with Gasteiger partial charge in [-0.05, 0) is 18.2 Å². The van der Waals surface area contributed by atoms with E-state index in [1.54, 1.807) is 0 Å². The van der Waals surface area contributed by atoms with Crippen LogP contribution >= 0.6 is 11.6 Å². The number of carbonyl (C=O) groups is 1. The maximum Gasteiger partial charge on any atom is 0.255 e. The van der Waals surface area contributed by atoms with Crippen LogP contribution in [0.2, 0.25) is 5.02 Å². The molecule has 3 N–H and O–H groups in total. The van der Waals surface area contributed by atoms with Gasteiger partial charge in [0, 0.05) is 5.02 Å². The average molecular weight is 253 g/mol. The van der Waals surface area contributed by atoms with Gasteiger partial charge in [0.25, 0.3) is 5.91 Å². The van der Waals surface area contributed by atoms with Gasteiger partial charge in [-0.1, -0.05) is 11.6 Å². The Kier molecular flexibility index (Phi) is 3.24. The van der Waals surface area contributed by atoms with E-state index in [0.29, 0.717) is 10.8 Å². The van der Waals surface area contributed by atoms with Crippen LogP contribution in [0.5, 0.6) is 5.75 Å². The molecule has 6 nitrogen and oxygen atoms in total. The first-order chi connectivity index (χ1) is 8.16. The number of aromatic hydroxyl groups is 1. The van der Waals surface area contributed by atoms with E-state index in [2.05, 4.69) is 20.5 Å². The number of phenols is 1. The van der Waals surface area contributed by atoms with Crippen LogP contribution in [0, 0.1) is 0 Å². The van der Waals surface area contributed by atoms with Crippen LogP contribution < -0.4 is 5.32 Å². The third kappa shape index (κ3) is 2.73. The van der Waals surface area contributed by atoms with E-state index in [0.717, 1.165) is 0 Å². The van der Waals surface area contributed by atoms with Crippen molar-refractivity contribution < 1.29 is 9.90 Å². The highest BCUT2D eigenvalue weighted by molar-refractivity contribution is 6.30. The Labute approximate surface area is 102 Å². The summed E-state index contributed by atoms with van der Waals surface area (Å²) < 4.78 is 0. The molecule has 0 radical (unpaired) electrons. The molecule has 88 valence electrons. The number of nitrogens with one attached hydrogen (secondary N) is 2. The van der Waals surface area contributed by atoms with E-state index in [1.807, 2.05) is 0 Å². The summed E-state index contributed by atoms with van der Waals surface area (Å²) in [5.41, 5.74) is 0.161. The standard InChI is InChI=1S/C10H9ClN4O2/c11-6-1-2-7(8(16)3-6)10(17)12-4-9-13-5-14-15-9/h1-3,5,16H,4H2,(H,12,17)(H,13,14,15). The highest BCUT2D eigenvalue weighted by Gasteiger charge is 2.11. The van der Waals surface area contributed by atoms with Crippen molar-refractivity contribution in [1.29, 1.82) is 0 Å². The molecule has 1 aromatic carbocycles. The van der Waals surface area contributed by atoms with E-state index >= 15 is 0 Å². The van der Waals surface area contributed by atoms with E-state index in [4.69, 9.17) is 11.6 Å². The number of H-pyrrole nitrogens is 1. The molecule has 0 aliphatic heterocycles. The highest BCUT2D eigenvalue weighted by atomic mass is 35.5. The van der Waals surface area contributed by atoms with Crippen molar-refractivity contribution in [1.82, 2.24) is 20.5 Å². The Bertz CT molecular complexity index is 527. The van der Waals surface area contributed by atoms with Crippen LogP contribution in [-0.4, -0.2) is 26.2 Å². The van der Waals surface area contributed by atoms with Crippen molar-refractivity contribution in [2.45, 2.75) is 6.54 Å². The molecule has 1 amide bonds. The Morgan fingerprint density at radius 2 is 2.35 bits per heavy atom. The molecule has 1 aromatic heterocycles. The predicted octanol–water partition coefficient (Wildman–Crippen LogP) is 1.09. The molecular weight excluding hydrogens is 244 g/mol. The van der Waals surface area contributed by atoms with Gasteiger partial charge in [-0.3, -0.25) is 9.89 Å². The molecule has 0 saturated heterocycles. The molecule has 17 heavy (non-hydrogen) atoms. The second-order valence-electron chi connectivity index (χ2n) is 3.28. The molecule has 0 aliphatic rings. The van der Waals surface area contributed by atoms with Gasteiger partial charge in [-0.15, -0.1) is 0 Å². The molecule has 0 bridgehead atoms. The highest BCUT2D eigenvalue weighted by Crippen LogP contribution is 2.21. The summed E-state index contributed by atoms with van der Waals surface area (Å²) in [4.78, 5) is 15.5. The molecule has 2 aromatic rings. The third-order valence-corrected chi connectivity index (χ3v) is 2.32. The Balaban J connectivity index is 2.04. The minimum atomic E-state index is -0.407. The van der Waals surface area contributed by atoms with Crippen LogP contribution in [0.25, 0.3) is 0 Å². The first kappa shape index (κ1) is 11.4. The quantitative estimate of drug-likeness (QED) is 0.763. The van der Waals surface area contributed by atoms with Crippen molar-refractivity contribution in [2.24, 2.45) is 0 Å². The number of aromatic amines is 1. The number of aromatic nitrogens is 3. The van der Waals surface area contributed by atoms with Gasteiger partial charge < -0.3 is 10.4 Å². The summed E-state index contributed by atoms with van der Waals surface area (Å²) in [5, 5.41) is 18.7. The number of hydrogen-bond donors (Lipinski definition) is 3. The van der Waals surface area contributed by atoms with Gasteiger partial charge >= 0.3 is 0 Å². The Hall–Kier alpha value is -2.08. The molecule has 0 spiro atoms. The topological polar surface area (TPSA) is 90.9 Å². The minimum absolute atomic E-state index is 0.160. The lowest BCUT2D eigenvalue weighted by atomic mass is 10.2. The SMILES string of the molecule is O=C(NCc1ncn[nH]1)c1ccc(Cl)cc1O. The number of phenolic OH excluding ortho intramolecular Hbond substituents is 1. The number of amides is 1. The van der Waals surface area contributed by atoms with Gasteiger partial charge in [0.1, 0.15) is 17.9 Å². The van der Waals surface area contributed by atoms with Crippen molar-refractivity contribution in [3.63, 3.8) is 0 Å². The van der Waals surface area contributed by atoms with Crippen LogP contribution in [0.3, 0.4) is 0 Å². The van der Waals surface area contributed by atoms with Crippen LogP contribution in [0.1, 0.15) is 16.2 Å². The van der Waals surface area contributed by atoms with Gasteiger partial charge in [0.2, 0.25) is 0 Å². The monoisotopic (exact) mass is 252 g/mol. The molecule has 0 saturated carbocycles. The number of halogens is 1.